The molecule has 3 rings (SSSR count). The Morgan fingerprint density at radius 1 is 1.50 bits per heavy atom. The fourth-order valence-electron chi connectivity index (χ4n) is 2.43. The number of hydrogen-bond donors (Lipinski definition) is 2. The normalized spacial score (nSPS) is 27.9. The third-order valence-electron chi connectivity index (χ3n) is 3.44. The molecule has 7 nitrogen and oxygen atoms in total. The van der Waals surface area contributed by atoms with Crippen molar-refractivity contribution in [3.8, 4) is 0 Å². The number of nitrogens with one attached hydrogen (secondary N) is 1. The lowest BCUT2D eigenvalue weighted by atomic mass is 10.2. The molecule has 18 heavy (non-hydrogen) atoms. The molecular formula is C11H16N4O3. The van der Waals surface area contributed by atoms with Crippen LogP contribution in [0.4, 0.5) is 0 Å². The molecule has 1 unspecified atom stereocenters. The number of hydrogen-bond acceptors (Lipinski definition) is 6. The number of β-amino-alcohol motifs (C(OH)–C–C–N with tert-alkyl or cyclic N) is 1. The third-order valence-corrected chi connectivity index (χ3v) is 3.44. The van der Waals surface area contributed by atoms with Crippen molar-refractivity contribution in [2.45, 2.75) is 31.4 Å². The van der Waals surface area contributed by atoms with Crippen LogP contribution in [0.2, 0.25) is 0 Å². The summed E-state index contributed by atoms with van der Waals surface area (Å²) in [6, 6.07) is 0.0724. The fraction of sp³-hybridized carbons (Fsp3) is 0.727. The predicted octanol–water partition coefficient (Wildman–Crippen LogP) is -0.299. The Kier molecular flexibility index (Phi) is 3.00. The van der Waals surface area contributed by atoms with Crippen LogP contribution in [0.25, 0.3) is 0 Å². The number of likely N-dealkylation sites (tertiary alicyclic amines) is 1. The molecule has 2 atom stereocenters. The number of aliphatic hydroxyl groups excluding tert-OH is 1. The minimum atomic E-state index is -0.433. The highest BCUT2D eigenvalue weighted by Gasteiger charge is 2.30. The van der Waals surface area contributed by atoms with Gasteiger partial charge in [0, 0.05) is 13.1 Å². The number of aliphatic hydroxyl groups is 1. The first-order chi connectivity index (χ1) is 8.74. The maximum absolute atomic E-state index is 12.0. The number of nitrogens with zero attached hydrogens (tertiary/aromatic N) is 3. The molecule has 98 valence electrons. The molecule has 2 aliphatic heterocycles. The maximum Gasteiger partial charge on any atom is 0.295 e. The average molecular weight is 252 g/mol. The quantitative estimate of drug-likeness (QED) is 0.751. The van der Waals surface area contributed by atoms with Gasteiger partial charge in [0.05, 0.1) is 12.1 Å². The van der Waals surface area contributed by atoms with Gasteiger partial charge in [0.25, 0.3) is 11.7 Å². The molecule has 0 bridgehead atoms. The number of amides is 1. The first-order valence-corrected chi connectivity index (χ1v) is 6.28. The molecule has 2 fully saturated rings. The van der Waals surface area contributed by atoms with E-state index in [0.717, 1.165) is 19.4 Å². The van der Waals surface area contributed by atoms with Crippen molar-refractivity contribution in [1.29, 1.82) is 0 Å². The standard InChI is InChI=1S/C11H16N4O3/c16-7-3-5-15(6-7)11(17)9-13-10(18-14-9)8-2-1-4-12-8/h7-8,12,16H,1-6H2/t7-,8?/m1/s1. The smallest absolute Gasteiger partial charge is 0.295 e. The van der Waals surface area contributed by atoms with Crippen molar-refractivity contribution in [2.24, 2.45) is 0 Å². The van der Waals surface area contributed by atoms with Crippen molar-refractivity contribution in [3.05, 3.63) is 11.7 Å². The second-order valence-corrected chi connectivity index (χ2v) is 4.80. The molecular weight excluding hydrogens is 236 g/mol. The number of carbonyl (C=O) groups excluding carboxylic acids is 1. The summed E-state index contributed by atoms with van der Waals surface area (Å²) in [5.41, 5.74) is 0. The summed E-state index contributed by atoms with van der Waals surface area (Å²) >= 11 is 0. The molecule has 0 aliphatic carbocycles. The summed E-state index contributed by atoms with van der Waals surface area (Å²) in [5, 5.41) is 16.4. The lowest BCUT2D eigenvalue weighted by Crippen LogP contribution is -2.30. The van der Waals surface area contributed by atoms with Crippen LogP contribution in [0, 0.1) is 0 Å². The highest BCUT2D eigenvalue weighted by atomic mass is 16.5. The van der Waals surface area contributed by atoms with Crippen LogP contribution in [-0.4, -0.2) is 51.8 Å². The van der Waals surface area contributed by atoms with E-state index in [1.807, 2.05) is 0 Å². The van der Waals surface area contributed by atoms with E-state index in [1.54, 1.807) is 4.90 Å². The highest BCUT2D eigenvalue weighted by Crippen LogP contribution is 2.21. The average Bonchev–Trinajstić information content (AvgIpc) is 3.09. The third kappa shape index (κ3) is 2.11. The van der Waals surface area contributed by atoms with E-state index in [0.29, 0.717) is 25.4 Å². The van der Waals surface area contributed by atoms with E-state index < -0.39 is 6.10 Å². The van der Waals surface area contributed by atoms with E-state index in [4.69, 9.17) is 4.52 Å². The van der Waals surface area contributed by atoms with Crippen LogP contribution in [-0.2, 0) is 0 Å². The number of rotatable bonds is 2. The van der Waals surface area contributed by atoms with Crippen LogP contribution >= 0.6 is 0 Å². The van der Waals surface area contributed by atoms with Gasteiger partial charge in [0.1, 0.15) is 0 Å². The number of aromatic nitrogens is 2. The van der Waals surface area contributed by atoms with Gasteiger partial charge in [-0.15, -0.1) is 0 Å². The van der Waals surface area contributed by atoms with Gasteiger partial charge < -0.3 is 19.8 Å². The Morgan fingerprint density at radius 3 is 3.06 bits per heavy atom. The molecule has 0 saturated carbocycles. The molecule has 0 spiro atoms. The van der Waals surface area contributed by atoms with Gasteiger partial charge in [-0.1, -0.05) is 5.16 Å². The summed E-state index contributed by atoms with van der Waals surface area (Å²) in [6.45, 7) is 1.84. The van der Waals surface area contributed by atoms with Crippen LogP contribution < -0.4 is 5.32 Å². The first kappa shape index (κ1) is 11.6. The molecule has 3 heterocycles. The van der Waals surface area contributed by atoms with E-state index >= 15 is 0 Å². The monoisotopic (exact) mass is 252 g/mol. The van der Waals surface area contributed by atoms with Crippen molar-refractivity contribution in [2.75, 3.05) is 19.6 Å². The fourth-order valence-corrected chi connectivity index (χ4v) is 2.43. The Labute approximate surface area is 104 Å². The van der Waals surface area contributed by atoms with Gasteiger partial charge in [0.15, 0.2) is 0 Å². The minimum Gasteiger partial charge on any atom is -0.391 e. The van der Waals surface area contributed by atoms with E-state index in [1.165, 1.54) is 0 Å². The summed E-state index contributed by atoms with van der Waals surface area (Å²) in [6.07, 6.45) is 2.21. The van der Waals surface area contributed by atoms with Crippen molar-refractivity contribution in [3.63, 3.8) is 0 Å². The highest BCUT2D eigenvalue weighted by molar-refractivity contribution is 5.90. The Hall–Kier alpha value is -1.47. The molecule has 1 aromatic heterocycles. The van der Waals surface area contributed by atoms with Gasteiger partial charge in [-0.3, -0.25) is 4.79 Å². The van der Waals surface area contributed by atoms with Gasteiger partial charge in [0.2, 0.25) is 5.89 Å². The largest absolute Gasteiger partial charge is 0.391 e. The SMILES string of the molecule is O=C(c1noc(C2CCCN2)n1)N1CC[C@@H](O)C1. The van der Waals surface area contributed by atoms with Crippen LogP contribution in [0.1, 0.15) is 41.8 Å². The molecule has 2 saturated heterocycles. The summed E-state index contributed by atoms with van der Waals surface area (Å²) in [5.74, 6) is 0.308. The zero-order valence-electron chi connectivity index (χ0n) is 10.0. The van der Waals surface area contributed by atoms with Crippen molar-refractivity contribution >= 4 is 5.91 Å². The van der Waals surface area contributed by atoms with Gasteiger partial charge >= 0.3 is 0 Å². The Balaban J connectivity index is 1.70. The van der Waals surface area contributed by atoms with Crippen molar-refractivity contribution < 1.29 is 14.4 Å². The zero-order chi connectivity index (χ0) is 12.5. The van der Waals surface area contributed by atoms with Gasteiger partial charge in [-0.05, 0) is 25.8 Å². The predicted molar refractivity (Wildman–Crippen MR) is 60.8 cm³/mol. The van der Waals surface area contributed by atoms with Crippen LogP contribution in [0.15, 0.2) is 4.52 Å². The first-order valence-electron chi connectivity index (χ1n) is 6.28. The number of carbonyl (C=O) groups is 1. The topological polar surface area (TPSA) is 91.5 Å². The summed E-state index contributed by atoms with van der Waals surface area (Å²) in [7, 11) is 0. The molecule has 1 aromatic rings. The van der Waals surface area contributed by atoms with Gasteiger partial charge in [-0.2, -0.15) is 4.98 Å². The Morgan fingerprint density at radius 2 is 2.39 bits per heavy atom. The summed E-state index contributed by atoms with van der Waals surface area (Å²) < 4.78 is 5.12. The molecule has 2 N–H and O–H groups in total. The van der Waals surface area contributed by atoms with E-state index in [2.05, 4.69) is 15.5 Å². The maximum atomic E-state index is 12.0. The Bertz CT molecular complexity index is 441. The molecule has 0 aromatic carbocycles. The second-order valence-electron chi connectivity index (χ2n) is 4.80. The van der Waals surface area contributed by atoms with Crippen LogP contribution in [0.3, 0.4) is 0 Å². The van der Waals surface area contributed by atoms with Gasteiger partial charge in [-0.25, -0.2) is 0 Å². The lowest BCUT2D eigenvalue weighted by molar-refractivity contribution is 0.0749. The molecule has 7 heteroatoms. The van der Waals surface area contributed by atoms with E-state index in [-0.39, 0.29) is 17.8 Å². The van der Waals surface area contributed by atoms with E-state index in [9.17, 15) is 9.90 Å². The molecule has 1 amide bonds. The molecule has 2 aliphatic rings. The van der Waals surface area contributed by atoms with Crippen molar-refractivity contribution in [1.82, 2.24) is 20.4 Å². The summed E-state index contributed by atoms with van der Waals surface area (Å²) in [4.78, 5) is 17.7. The minimum absolute atomic E-state index is 0.0724. The lowest BCUT2D eigenvalue weighted by Gasteiger charge is -2.12. The zero-order valence-corrected chi connectivity index (χ0v) is 10.0. The molecule has 0 radical (unpaired) electrons. The van der Waals surface area contributed by atoms with Crippen LogP contribution in [0.5, 0.6) is 0 Å². The second kappa shape index (κ2) is 4.66.